The van der Waals surface area contributed by atoms with Crippen LogP contribution in [-0.2, 0) is 14.6 Å². The highest BCUT2D eigenvalue weighted by molar-refractivity contribution is 7.90. The molecule has 33 heavy (non-hydrogen) atoms. The number of hydrogen-bond donors (Lipinski definition) is 3. The highest BCUT2D eigenvalue weighted by atomic mass is 32.2. The van der Waals surface area contributed by atoms with Crippen molar-refractivity contribution in [2.24, 2.45) is 5.73 Å². The molecule has 1 fully saturated rings. The smallest absolute Gasteiger partial charge is 0.323 e. The number of likely N-dealkylation sites (tertiary alicyclic amines) is 1. The first-order valence-electron chi connectivity index (χ1n) is 10.2. The van der Waals surface area contributed by atoms with Gasteiger partial charge in [-0.1, -0.05) is 24.3 Å². The van der Waals surface area contributed by atoms with Crippen molar-refractivity contribution in [1.29, 1.82) is 0 Å². The summed E-state index contributed by atoms with van der Waals surface area (Å²) < 4.78 is 24.8. The SMILES string of the molecule is CS(=O)(=O)c1cccc(NC(=O)[C@@H]2CCCN2C(=O)Nc2cn(C(N)=O)c3ccccc23)c1. The second-order valence-electron chi connectivity index (χ2n) is 7.84. The Morgan fingerprint density at radius 3 is 2.55 bits per heavy atom. The van der Waals surface area contributed by atoms with Crippen molar-refractivity contribution in [2.45, 2.75) is 23.8 Å². The summed E-state index contributed by atoms with van der Waals surface area (Å²) in [4.78, 5) is 39.2. The number of benzene rings is 2. The van der Waals surface area contributed by atoms with Crippen LogP contribution in [0, 0.1) is 0 Å². The van der Waals surface area contributed by atoms with Crippen LogP contribution >= 0.6 is 0 Å². The number of para-hydroxylation sites is 1. The number of hydrogen-bond acceptors (Lipinski definition) is 5. The number of amides is 4. The maximum Gasteiger partial charge on any atom is 0.323 e. The molecule has 3 aromatic rings. The van der Waals surface area contributed by atoms with Crippen LogP contribution in [0.15, 0.2) is 59.6 Å². The van der Waals surface area contributed by atoms with Crippen molar-refractivity contribution >= 4 is 50.1 Å². The number of nitrogens with zero attached hydrogens (tertiary/aromatic N) is 2. The highest BCUT2D eigenvalue weighted by Crippen LogP contribution is 2.27. The van der Waals surface area contributed by atoms with Gasteiger partial charge in [0, 0.05) is 30.1 Å². The number of fused-ring (bicyclic) bond motifs is 1. The average molecular weight is 470 g/mol. The van der Waals surface area contributed by atoms with E-state index in [1.54, 1.807) is 36.4 Å². The van der Waals surface area contributed by atoms with Gasteiger partial charge in [0.15, 0.2) is 9.84 Å². The van der Waals surface area contributed by atoms with Gasteiger partial charge in [-0.3, -0.25) is 9.36 Å². The lowest BCUT2D eigenvalue weighted by Gasteiger charge is -2.24. The maximum atomic E-state index is 13.0. The molecule has 0 bridgehead atoms. The van der Waals surface area contributed by atoms with E-state index in [1.807, 2.05) is 0 Å². The van der Waals surface area contributed by atoms with Crippen molar-refractivity contribution in [3.05, 3.63) is 54.7 Å². The largest absolute Gasteiger partial charge is 0.351 e. The van der Waals surface area contributed by atoms with Crippen LogP contribution < -0.4 is 16.4 Å². The number of sulfone groups is 1. The Kier molecular flexibility index (Phi) is 5.81. The van der Waals surface area contributed by atoms with Crippen LogP contribution in [0.4, 0.5) is 21.0 Å². The van der Waals surface area contributed by atoms with Gasteiger partial charge in [-0.2, -0.15) is 0 Å². The molecule has 1 aliphatic rings. The lowest BCUT2D eigenvalue weighted by atomic mass is 10.2. The molecule has 4 N–H and O–H groups in total. The van der Waals surface area contributed by atoms with Gasteiger partial charge in [0.1, 0.15) is 6.04 Å². The molecule has 172 valence electrons. The molecule has 0 aliphatic carbocycles. The number of primary amides is 1. The van der Waals surface area contributed by atoms with E-state index in [1.165, 1.54) is 27.8 Å². The highest BCUT2D eigenvalue weighted by Gasteiger charge is 2.34. The van der Waals surface area contributed by atoms with Crippen molar-refractivity contribution in [3.63, 3.8) is 0 Å². The van der Waals surface area contributed by atoms with Gasteiger partial charge in [-0.05, 0) is 37.1 Å². The molecule has 11 heteroatoms. The minimum Gasteiger partial charge on any atom is -0.351 e. The molecule has 0 saturated carbocycles. The van der Waals surface area contributed by atoms with Crippen LogP contribution in [0.2, 0.25) is 0 Å². The Labute approximate surface area is 190 Å². The molecule has 0 spiro atoms. The first-order valence-corrected chi connectivity index (χ1v) is 12.1. The molecule has 4 rings (SSSR count). The topological polar surface area (TPSA) is 144 Å². The van der Waals surface area contributed by atoms with E-state index in [9.17, 15) is 22.8 Å². The first kappa shape index (κ1) is 22.3. The van der Waals surface area contributed by atoms with Gasteiger partial charge in [0.25, 0.3) is 0 Å². The van der Waals surface area contributed by atoms with E-state index in [4.69, 9.17) is 5.73 Å². The fourth-order valence-electron chi connectivity index (χ4n) is 3.96. The molecular weight excluding hydrogens is 446 g/mol. The number of rotatable bonds is 4. The Bertz CT molecular complexity index is 1360. The van der Waals surface area contributed by atoms with Gasteiger partial charge in [0.05, 0.1) is 16.1 Å². The Hall–Kier alpha value is -3.86. The summed E-state index contributed by atoms with van der Waals surface area (Å²) in [5.41, 5.74) is 6.72. The predicted molar refractivity (Wildman–Crippen MR) is 124 cm³/mol. The summed E-state index contributed by atoms with van der Waals surface area (Å²) >= 11 is 0. The van der Waals surface area contributed by atoms with Crippen molar-refractivity contribution in [3.8, 4) is 0 Å². The zero-order chi connectivity index (χ0) is 23.8. The Morgan fingerprint density at radius 1 is 1.06 bits per heavy atom. The summed E-state index contributed by atoms with van der Waals surface area (Å²) in [6.07, 6.45) is 3.64. The fourth-order valence-corrected chi connectivity index (χ4v) is 4.63. The fraction of sp³-hybridized carbons (Fsp3) is 0.227. The minimum atomic E-state index is -3.42. The lowest BCUT2D eigenvalue weighted by Crippen LogP contribution is -2.45. The number of anilines is 2. The van der Waals surface area contributed by atoms with Crippen molar-refractivity contribution < 1.29 is 22.8 Å². The van der Waals surface area contributed by atoms with E-state index in [0.29, 0.717) is 41.7 Å². The second kappa shape index (κ2) is 8.58. The van der Waals surface area contributed by atoms with E-state index in [-0.39, 0.29) is 4.90 Å². The summed E-state index contributed by atoms with van der Waals surface area (Å²) in [6.45, 7) is 0.377. The third kappa shape index (κ3) is 4.53. The maximum absolute atomic E-state index is 13.0. The van der Waals surface area contributed by atoms with Crippen LogP contribution in [0.3, 0.4) is 0 Å². The molecule has 1 saturated heterocycles. The van der Waals surface area contributed by atoms with Gasteiger partial charge in [-0.15, -0.1) is 0 Å². The van der Waals surface area contributed by atoms with E-state index in [0.717, 1.165) is 6.26 Å². The normalized spacial score (nSPS) is 16.0. The van der Waals surface area contributed by atoms with Gasteiger partial charge in [0.2, 0.25) is 5.91 Å². The van der Waals surface area contributed by atoms with E-state index >= 15 is 0 Å². The zero-order valence-electron chi connectivity index (χ0n) is 17.8. The third-order valence-corrected chi connectivity index (χ3v) is 6.65. The standard InChI is InChI=1S/C22H23N5O5S/c1-33(31,32)15-7-4-6-14(12-15)24-20(28)19-10-5-11-26(19)22(30)25-17-13-27(21(23)29)18-9-3-2-8-16(17)18/h2-4,6-9,12-13,19H,5,10-11H2,1H3,(H2,23,29)(H,24,28)(H,25,30)/t19-/m0/s1. The number of nitrogens with one attached hydrogen (secondary N) is 2. The molecule has 1 aliphatic heterocycles. The lowest BCUT2D eigenvalue weighted by molar-refractivity contribution is -0.119. The molecule has 0 unspecified atom stereocenters. The number of urea groups is 1. The summed E-state index contributed by atoms with van der Waals surface area (Å²) in [5.74, 6) is -0.409. The van der Waals surface area contributed by atoms with Crippen LogP contribution in [0.25, 0.3) is 10.9 Å². The number of carbonyl (C=O) groups is 3. The van der Waals surface area contributed by atoms with Crippen molar-refractivity contribution in [2.75, 3.05) is 23.4 Å². The summed E-state index contributed by atoms with van der Waals surface area (Å²) in [5, 5.41) is 6.12. The molecule has 1 atom stereocenters. The molecule has 1 aromatic heterocycles. The second-order valence-corrected chi connectivity index (χ2v) is 9.85. The minimum absolute atomic E-state index is 0.0900. The number of carbonyl (C=O) groups excluding carboxylic acids is 3. The van der Waals surface area contributed by atoms with E-state index in [2.05, 4.69) is 10.6 Å². The van der Waals surface area contributed by atoms with Gasteiger partial charge >= 0.3 is 12.1 Å². The molecule has 2 aromatic carbocycles. The molecule has 2 heterocycles. The number of aromatic nitrogens is 1. The molecular formula is C22H23N5O5S. The average Bonchev–Trinajstić information content (AvgIpc) is 3.39. The number of nitrogens with two attached hydrogens (primary N) is 1. The molecule has 4 amide bonds. The predicted octanol–water partition coefficient (Wildman–Crippen LogP) is 2.61. The van der Waals surface area contributed by atoms with Crippen molar-refractivity contribution in [1.82, 2.24) is 9.47 Å². The third-order valence-electron chi connectivity index (χ3n) is 5.54. The summed E-state index contributed by atoms with van der Waals surface area (Å²) in [6, 6.07) is 11.1. The van der Waals surface area contributed by atoms with Crippen LogP contribution in [0.1, 0.15) is 12.8 Å². The van der Waals surface area contributed by atoms with Gasteiger partial charge in [-0.25, -0.2) is 18.0 Å². The quantitative estimate of drug-likeness (QED) is 0.538. The van der Waals surface area contributed by atoms with E-state index < -0.39 is 33.8 Å². The van der Waals surface area contributed by atoms with Crippen LogP contribution in [0.5, 0.6) is 0 Å². The van der Waals surface area contributed by atoms with Crippen LogP contribution in [-0.4, -0.2) is 54.7 Å². The molecule has 0 radical (unpaired) electrons. The van der Waals surface area contributed by atoms with Gasteiger partial charge < -0.3 is 21.3 Å². The molecule has 10 nitrogen and oxygen atoms in total. The Morgan fingerprint density at radius 2 is 1.82 bits per heavy atom. The summed E-state index contributed by atoms with van der Waals surface area (Å²) in [7, 11) is -3.42. The Balaban J connectivity index is 1.52. The monoisotopic (exact) mass is 469 g/mol. The first-order chi connectivity index (χ1) is 15.6. The zero-order valence-corrected chi connectivity index (χ0v) is 18.6.